The number of fused-ring (bicyclic) bond motifs is 1. The molecule has 1 heterocycles. The average molecular weight is 337 g/mol. The largest absolute Gasteiger partial charge is 0.494 e. The molecular weight excluding hydrogens is 314 g/mol. The summed E-state index contributed by atoms with van der Waals surface area (Å²) in [6, 6.07) is 15.4. The maximum Gasteiger partial charge on any atom is 0.251 e. The standard InChI is InChI=1S/C21H23NO3/c1-3-17-15-22(19-7-5-6-8-20(19)25-17)21(23)14-11-16-9-12-18(13-10-16)24-4-2/h5-14,17H,3-4,15H2,1-2H3/b14-11+. The number of benzene rings is 2. The van der Waals surface area contributed by atoms with Crippen LogP contribution in [0, 0.1) is 0 Å². The molecule has 3 rings (SSSR count). The number of rotatable bonds is 5. The van der Waals surface area contributed by atoms with Gasteiger partial charge in [-0.15, -0.1) is 0 Å². The van der Waals surface area contributed by atoms with Crippen LogP contribution in [0.25, 0.3) is 6.08 Å². The van der Waals surface area contributed by atoms with E-state index < -0.39 is 0 Å². The van der Waals surface area contributed by atoms with Crippen molar-refractivity contribution in [2.45, 2.75) is 26.4 Å². The van der Waals surface area contributed by atoms with Gasteiger partial charge in [0.25, 0.3) is 5.91 Å². The van der Waals surface area contributed by atoms with E-state index in [0.717, 1.165) is 29.2 Å². The Labute approximate surface area is 148 Å². The third-order valence-corrected chi connectivity index (χ3v) is 4.17. The Hall–Kier alpha value is -2.75. The SMILES string of the molecule is CCOc1ccc(/C=C/C(=O)N2CC(CC)Oc3ccccc32)cc1. The number of ether oxygens (including phenoxy) is 2. The van der Waals surface area contributed by atoms with E-state index in [1.54, 1.807) is 11.0 Å². The predicted molar refractivity (Wildman–Crippen MR) is 100 cm³/mol. The fourth-order valence-corrected chi connectivity index (χ4v) is 2.82. The minimum atomic E-state index is -0.0388. The van der Waals surface area contributed by atoms with Crippen molar-refractivity contribution >= 4 is 17.7 Å². The molecule has 1 unspecified atom stereocenters. The minimum Gasteiger partial charge on any atom is -0.494 e. The van der Waals surface area contributed by atoms with Crippen LogP contribution in [0.15, 0.2) is 54.6 Å². The van der Waals surface area contributed by atoms with Gasteiger partial charge in [0.2, 0.25) is 0 Å². The highest BCUT2D eigenvalue weighted by atomic mass is 16.5. The molecule has 4 heteroatoms. The Morgan fingerprint density at radius 3 is 2.68 bits per heavy atom. The lowest BCUT2D eigenvalue weighted by molar-refractivity contribution is -0.114. The molecule has 2 aromatic carbocycles. The molecule has 0 saturated carbocycles. The van der Waals surface area contributed by atoms with E-state index >= 15 is 0 Å². The first-order chi connectivity index (χ1) is 12.2. The van der Waals surface area contributed by atoms with Gasteiger partial charge < -0.3 is 14.4 Å². The van der Waals surface area contributed by atoms with Gasteiger partial charge in [0.05, 0.1) is 18.8 Å². The van der Waals surface area contributed by atoms with Crippen molar-refractivity contribution in [3.8, 4) is 11.5 Å². The van der Waals surface area contributed by atoms with E-state index in [2.05, 4.69) is 6.92 Å². The van der Waals surface area contributed by atoms with E-state index in [0.29, 0.717) is 13.2 Å². The summed E-state index contributed by atoms with van der Waals surface area (Å²) in [5.74, 6) is 1.56. The molecule has 1 aliphatic rings. The fraction of sp³-hybridized carbons (Fsp3) is 0.286. The highest BCUT2D eigenvalue weighted by molar-refractivity contribution is 6.05. The quantitative estimate of drug-likeness (QED) is 0.764. The first-order valence-corrected chi connectivity index (χ1v) is 8.69. The topological polar surface area (TPSA) is 38.8 Å². The van der Waals surface area contributed by atoms with Gasteiger partial charge in [-0.2, -0.15) is 0 Å². The zero-order valence-corrected chi connectivity index (χ0v) is 14.6. The van der Waals surface area contributed by atoms with Crippen LogP contribution in [0.4, 0.5) is 5.69 Å². The first kappa shape index (κ1) is 17.1. The Morgan fingerprint density at radius 2 is 1.96 bits per heavy atom. The molecule has 4 nitrogen and oxygen atoms in total. The minimum absolute atomic E-state index is 0.0257. The van der Waals surface area contributed by atoms with Crippen molar-refractivity contribution in [3.05, 3.63) is 60.2 Å². The lowest BCUT2D eigenvalue weighted by atomic mass is 10.1. The summed E-state index contributed by atoms with van der Waals surface area (Å²) in [6.45, 7) is 5.23. The molecule has 0 saturated heterocycles. The molecule has 25 heavy (non-hydrogen) atoms. The van der Waals surface area contributed by atoms with E-state index in [-0.39, 0.29) is 12.0 Å². The van der Waals surface area contributed by atoms with Crippen molar-refractivity contribution in [1.82, 2.24) is 0 Å². The van der Waals surface area contributed by atoms with Crippen LogP contribution in [-0.4, -0.2) is 25.2 Å². The average Bonchev–Trinajstić information content (AvgIpc) is 2.66. The number of carbonyl (C=O) groups is 1. The Morgan fingerprint density at radius 1 is 1.20 bits per heavy atom. The molecule has 0 aliphatic carbocycles. The lowest BCUT2D eigenvalue weighted by Gasteiger charge is -2.34. The second kappa shape index (κ2) is 7.88. The molecule has 2 aromatic rings. The van der Waals surface area contributed by atoms with Crippen LogP contribution in [0.3, 0.4) is 0 Å². The van der Waals surface area contributed by atoms with Crippen LogP contribution in [0.5, 0.6) is 11.5 Å². The van der Waals surface area contributed by atoms with Crippen LogP contribution in [0.1, 0.15) is 25.8 Å². The molecular formula is C21H23NO3. The summed E-state index contributed by atoms with van der Waals surface area (Å²) in [5, 5.41) is 0. The molecule has 0 aromatic heterocycles. The van der Waals surface area contributed by atoms with E-state index in [9.17, 15) is 4.79 Å². The normalized spacial score (nSPS) is 16.4. The number of para-hydroxylation sites is 2. The molecule has 0 N–H and O–H groups in total. The predicted octanol–water partition coefficient (Wildman–Crippen LogP) is 4.30. The van der Waals surface area contributed by atoms with Crippen molar-refractivity contribution < 1.29 is 14.3 Å². The van der Waals surface area contributed by atoms with Crippen molar-refractivity contribution in [3.63, 3.8) is 0 Å². The number of carbonyl (C=O) groups excluding carboxylic acids is 1. The summed E-state index contributed by atoms with van der Waals surface area (Å²) in [4.78, 5) is 14.5. The second-order valence-corrected chi connectivity index (χ2v) is 5.90. The summed E-state index contributed by atoms with van der Waals surface area (Å²) in [6.07, 6.45) is 4.33. The maximum atomic E-state index is 12.7. The smallest absolute Gasteiger partial charge is 0.251 e. The van der Waals surface area contributed by atoms with Crippen molar-refractivity contribution in [2.75, 3.05) is 18.1 Å². The van der Waals surface area contributed by atoms with Gasteiger partial charge in [0.15, 0.2) is 0 Å². The molecule has 1 atom stereocenters. The van der Waals surface area contributed by atoms with E-state index in [1.165, 1.54) is 0 Å². The number of amides is 1. The highest BCUT2D eigenvalue weighted by Gasteiger charge is 2.27. The van der Waals surface area contributed by atoms with Crippen LogP contribution in [-0.2, 0) is 4.79 Å². The number of nitrogens with zero attached hydrogens (tertiary/aromatic N) is 1. The van der Waals surface area contributed by atoms with Gasteiger partial charge >= 0.3 is 0 Å². The maximum absolute atomic E-state index is 12.7. The van der Waals surface area contributed by atoms with E-state index in [4.69, 9.17) is 9.47 Å². The summed E-state index contributed by atoms with van der Waals surface area (Å²) < 4.78 is 11.4. The molecule has 130 valence electrons. The van der Waals surface area contributed by atoms with Gasteiger partial charge in [-0.05, 0) is 49.2 Å². The van der Waals surface area contributed by atoms with Gasteiger partial charge in [-0.3, -0.25) is 4.79 Å². The third-order valence-electron chi connectivity index (χ3n) is 4.17. The first-order valence-electron chi connectivity index (χ1n) is 8.69. The molecule has 0 fully saturated rings. The monoisotopic (exact) mass is 337 g/mol. The molecule has 1 amide bonds. The summed E-state index contributed by atoms with van der Waals surface area (Å²) in [7, 11) is 0. The Balaban J connectivity index is 1.76. The molecule has 0 spiro atoms. The second-order valence-electron chi connectivity index (χ2n) is 5.90. The van der Waals surface area contributed by atoms with Crippen LogP contribution >= 0.6 is 0 Å². The van der Waals surface area contributed by atoms with Crippen LogP contribution in [0.2, 0.25) is 0 Å². The van der Waals surface area contributed by atoms with E-state index in [1.807, 2.05) is 61.5 Å². The third kappa shape index (κ3) is 4.02. The van der Waals surface area contributed by atoms with Gasteiger partial charge in [-0.25, -0.2) is 0 Å². The van der Waals surface area contributed by atoms with Crippen molar-refractivity contribution in [1.29, 1.82) is 0 Å². The van der Waals surface area contributed by atoms with Gasteiger partial charge in [-0.1, -0.05) is 31.2 Å². The molecule has 1 aliphatic heterocycles. The number of hydrogen-bond acceptors (Lipinski definition) is 3. The van der Waals surface area contributed by atoms with Crippen molar-refractivity contribution in [2.24, 2.45) is 0 Å². The highest BCUT2D eigenvalue weighted by Crippen LogP contribution is 2.33. The van der Waals surface area contributed by atoms with Gasteiger partial charge in [0, 0.05) is 6.08 Å². The Kier molecular flexibility index (Phi) is 5.39. The fourth-order valence-electron chi connectivity index (χ4n) is 2.82. The lowest BCUT2D eigenvalue weighted by Crippen LogP contribution is -2.42. The zero-order valence-electron chi connectivity index (χ0n) is 14.6. The van der Waals surface area contributed by atoms with Crippen LogP contribution < -0.4 is 14.4 Å². The van der Waals surface area contributed by atoms with Gasteiger partial charge in [0.1, 0.15) is 17.6 Å². The molecule has 0 bridgehead atoms. The zero-order chi connectivity index (χ0) is 17.6. The molecule has 0 radical (unpaired) electrons. The number of anilines is 1. The summed E-state index contributed by atoms with van der Waals surface area (Å²) in [5.41, 5.74) is 1.79. The number of hydrogen-bond donors (Lipinski definition) is 0. The Bertz CT molecular complexity index is 752. The summed E-state index contributed by atoms with van der Waals surface area (Å²) >= 11 is 0.